The molecule has 1 fully saturated rings. The Morgan fingerprint density at radius 1 is 1.40 bits per heavy atom. The Bertz CT molecular complexity index is 365. The summed E-state index contributed by atoms with van der Waals surface area (Å²) in [6, 6.07) is 0.650. The van der Waals surface area contributed by atoms with Crippen molar-refractivity contribution >= 4 is 0 Å². The van der Waals surface area contributed by atoms with Crippen LogP contribution >= 0.6 is 0 Å². The molecule has 15 heavy (non-hydrogen) atoms. The number of allylic oxidation sites excluding steroid dienone is 4. The van der Waals surface area contributed by atoms with Crippen molar-refractivity contribution in [1.82, 2.24) is 5.32 Å². The molecule has 0 radical (unpaired) electrons. The summed E-state index contributed by atoms with van der Waals surface area (Å²) in [7, 11) is 1.78. The Morgan fingerprint density at radius 3 is 3.20 bits per heavy atom. The third-order valence-corrected chi connectivity index (χ3v) is 3.81. The van der Waals surface area contributed by atoms with Crippen molar-refractivity contribution in [3.8, 4) is 0 Å². The first-order valence-corrected chi connectivity index (χ1v) is 5.78. The van der Waals surface area contributed by atoms with Gasteiger partial charge in [-0.25, -0.2) is 0 Å². The van der Waals surface area contributed by atoms with Crippen LogP contribution in [0.4, 0.5) is 0 Å². The van der Waals surface area contributed by atoms with Crippen LogP contribution in [0.15, 0.2) is 35.1 Å². The van der Waals surface area contributed by atoms with Crippen LogP contribution in [-0.4, -0.2) is 19.7 Å². The number of methoxy groups -OCH3 is 1. The Balaban J connectivity index is 2.02. The summed E-state index contributed by atoms with van der Waals surface area (Å²) in [4.78, 5) is 0. The van der Waals surface area contributed by atoms with E-state index >= 15 is 0 Å². The molecule has 0 aromatic rings. The Hall–Kier alpha value is -1.02. The second-order valence-corrected chi connectivity index (χ2v) is 4.50. The molecule has 2 atom stereocenters. The third-order valence-electron chi connectivity index (χ3n) is 3.81. The van der Waals surface area contributed by atoms with Gasteiger partial charge >= 0.3 is 0 Å². The second kappa shape index (κ2) is 3.53. The fourth-order valence-electron chi connectivity index (χ4n) is 3.10. The molecule has 2 nitrogen and oxygen atoms in total. The lowest BCUT2D eigenvalue weighted by molar-refractivity contribution is 0.241. The normalized spacial score (nSPS) is 33.5. The minimum absolute atomic E-state index is 0.533. The minimum atomic E-state index is 0.533. The highest BCUT2D eigenvalue weighted by Gasteiger charge is 2.34. The van der Waals surface area contributed by atoms with Crippen LogP contribution in [-0.2, 0) is 4.74 Å². The van der Waals surface area contributed by atoms with Gasteiger partial charge in [0.2, 0.25) is 0 Å². The van der Waals surface area contributed by atoms with E-state index in [1.807, 2.05) is 0 Å². The van der Waals surface area contributed by atoms with Gasteiger partial charge in [0.15, 0.2) is 0 Å². The molecular weight excluding hydrogens is 186 g/mol. The van der Waals surface area contributed by atoms with Gasteiger partial charge in [-0.1, -0.05) is 12.2 Å². The van der Waals surface area contributed by atoms with Crippen LogP contribution in [0.3, 0.4) is 0 Å². The summed E-state index contributed by atoms with van der Waals surface area (Å²) >= 11 is 0. The topological polar surface area (TPSA) is 21.3 Å². The van der Waals surface area contributed by atoms with Crippen molar-refractivity contribution in [2.75, 3.05) is 13.7 Å². The SMILES string of the molecule is COC1=CC=CC2=C3CCNC3CCC12. The standard InChI is InChI=1S/C13H17NO/c1-15-13-4-2-3-9-10-7-8-14-12(10)6-5-11(9)13/h2-4,11-12,14H,5-8H2,1H3. The van der Waals surface area contributed by atoms with Gasteiger partial charge < -0.3 is 10.1 Å². The van der Waals surface area contributed by atoms with Crippen LogP contribution in [0.2, 0.25) is 0 Å². The molecule has 2 heteroatoms. The summed E-state index contributed by atoms with van der Waals surface area (Å²) in [5, 5.41) is 3.57. The summed E-state index contributed by atoms with van der Waals surface area (Å²) in [6.45, 7) is 1.15. The first-order chi connectivity index (χ1) is 7.40. The van der Waals surface area contributed by atoms with Gasteiger partial charge in [-0.05, 0) is 43.0 Å². The number of nitrogens with one attached hydrogen (secondary N) is 1. The van der Waals surface area contributed by atoms with Crippen molar-refractivity contribution in [3.05, 3.63) is 35.1 Å². The molecule has 2 aliphatic carbocycles. The second-order valence-electron chi connectivity index (χ2n) is 4.50. The molecule has 2 unspecified atom stereocenters. The Morgan fingerprint density at radius 2 is 2.33 bits per heavy atom. The monoisotopic (exact) mass is 203 g/mol. The Labute approximate surface area is 90.7 Å². The molecule has 1 saturated heterocycles. The van der Waals surface area contributed by atoms with E-state index in [-0.39, 0.29) is 0 Å². The number of ether oxygens (including phenoxy) is 1. The predicted octanol–water partition coefficient (Wildman–Crippen LogP) is 2.16. The average Bonchev–Trinajstić information content (AvgIpc) is 2.76. The van der Waals surface area contributed by atoms with E-state index in [2.05, 4.69) is 23.5 Å². The molecule has 0 saturated carbocycles. The van der Waals surface area contributed by atoms with Crippen molar-refractivity contribution < 1.29 is 4.74 Å². The molecule has 3 rings (SSSR count). The van der Waals surface area contributed by atoms with Gasteiger partial charge in [-0.3, -0.25) is 0 Å². The summed E-state index contributed by atoms with van der Waals surface area (Å²) < 4.78 is 5.46. The quantitative estimate of drug-likeness (QED) is 0.705. The van der Waals surface area contributed by atoms with E-state index in [1.165, 1.54) is 24.8 Å². The maximum absolute atomic E-state index is 5.46. The maximum atomic E-state index is 5.46. The van der Waals surface area contributed by atoms with Gasteiger partial charge in [-0.2, -0.15) is 0 Å². The zero-order chi connectivity index (χ0) is 10.3. The van der Waals surface area contributed by atoms with Crippen molar-refractivity contribution in [1.29, 1.82) is 0 Å². The molecule has 0 amide bonds. The number of fused-ring (bicyclic) bond motifs is 2. The molecular formula is C13H17NO. The molecule has 1 N–H and O–H groups in total. The van der Waals surface area contributed by atoms with Crippen molar-refractivity contribution in [2.24, 2.45) is 5.92 Å². The zero-order valence-corrected chi connectivity index (χ0v) is 9.12. The lowest BCUT2D eigenvalue weighted by atomic mass is 9.77. The number of hydrogen-bond acceptors (Lipinski definition) is 2. The highest BCUT2D eigenvalue weighted by molar-refractivity contribution is 5.43. The molecule has 80 valence electrons. The van der Waals surface area contributed by atoms with E-state index in [9.17, 15) is 0 Å². The fourth-order valence-corrected chi connectivity index (χ4v) is 3.10. The van der Waals surface area contributed by atoms with E-state index in [0.29, 0.717) is 12.0 Å². The summed E-state index contributed by atoms with van der Waals surface area (Å²) in [5.41, 5.74) is 3.15. The third kappa shape index (κ3) is 1.36. The van der Waals surface area contributed by atoms with Gasteiger partial charge in [0.1, 0.15) is 5.76 Å². The largest absolute Gasteiger partial charge is 0.500 e. The van der Waals surface area contributed by atoms with Gasteiger partial charge in [-0.15, -0.1) is 0 Å². The van der Waals surface area contributed by atoms with Crippen molar-refractivity contribution in [2.45, 2.75) is 25.3 Å². The number of hydrogen-bond donors (Lipinski definition) is 1. The fraction of sp³-hybridized carbons (Fsp3) is 0.538. The Kier molecular flexibility index (Phi) is 2.17. The van der Waals surface area contributed by atoms with Crippen LogP contribution in [0.25, 0.3) is 0 Å². The summed E-state index contributed by atoms with van der Waals surface area (Å²) in [6.07, 6.45) is 10.2. The van der Waals surface area contributed by atoms with Gasteiger partial charge in [0, 0.05) is 12.0 Å². The van der Waals surface area contributed by atoms with E-state index in [1.54, 1.807) is 12.7 Å². The van der Waals surface area contributed by atoms with E-state index in [0.717, 1.165) is 12.3 Å². The first kappa shape index (κ1) is 9.22. The van der Waals surface area contributed by atoms with Crippen molar-refractivity contribution in [3.63, 3.8) is 0 Å². The number of rotatable bonds is 1. The lowest BCUT2D eigenvalue weighted by Crippen LogP contribution is -2.29. The van der Waals surface area contributed by atoms with Crippen LogP contribution in [0.1, 0.15) is 19.3 Å². The first-order valence-electron chi connectivity index (χ1n) is 5.78. The molecule has 0 spiro atoms. The van der Waals surface area contributed by atoms with Gasteiger partial charge in [0.05, 0.1) is 7.11 Å². The maximum Gasteiger partial charge on any atom is 0.103 e. The highest BCUT2D eigenvalue weighted by Crippen LogP contribution is 2.40. The molecule has 3 aliphatic rings. The highest BCUT2D eigenvalue weighted by atomic mass is 16.5. The van der Waals surface area contributed by atoms with Crippen LogP contribution < -0.4 is 5.32 Å². The molecule has 0 aromatic carbocycles. The molecule has 0 aromatic heterocycles. The van der Waals surface area contributed by atoms with Crippen LogP contribution in [0, 0.1) is 5.92 Å². The summed E-state index contributed by atoms with van der Waals surface area (Å²) in [5.74, 6) is 1.68. The van der Waals surface area contributed by atoms with E-state index in [4.69, 9.17) is 4.74 Å². The lowest BCUT2D eigenvalue weighted by Gasteiger charge is -2.31. The zero-order valence-electron chi connectivity index (χ0n) is 9.12. The minimum Gasteiger partial charge on any atom is -0.500 e. The molecule has 0 bridgehead atoms. The average molecular weight is 203 g/mol. The predicted molar refractivity (Wildman–Crippen MR) is 60.4 cm³/mol. The smallest absolute Gasteiger partial charge is 0.103 e. The van der Waals surface area contributed by atoms with Gasteiger partial charge in [0.25, 0.3) is 0 Å². The van der Waals surface area contributed by atoms with E-state index < -0.39 is 0 Å². The molecule has 1 heterocycles. The molecule has 1 aliphatic heterocycles. The van der Waals surface area contributed by atoms with Crippen LogP contribution in [0.5, 0.6) is 0 Å².